The maximum atomic E-state index is 12.9. The molecule has 0 radical (unpaired) electrons. The minimum atomic E-state index is -4.94. The zero-order chi connectivity index (χ0) is 60.1. The highest BCUT2D eigenvalue weighted by Gasteiger charge is 2.30. The SMILES string of the molecule is CCCCCCCCCCCCCCC(=O)O[C@H](COC(=O)CCCCCCC)COP(=O)(O)OC[C@H](O)COP(=O)(O)OC[C@@H](COC(=O)CCCCCCCCCCC(C)CC)OC(=O)CCCCCCCCCCC(C)CC. The van der Waals surface area contributed by atoms with Crippen molar-refractivity contribution in [2.24, 2.45) is 11.8 Å². The van der Waals surface area contributed by atoms with E-state index in [4.69, 9.17) is 37.0 Å². The van der Waals surface area contributed by atoms with Crippen molar-refractivity contribution in [1.29, 1.82) is 0 Å². The fraction of sp³-hybridized carbons (Fsp3) is 0.935. The molecule has 0 spiro atoms. The van der Waals surface area contributed by atoms with Crippen molar-refractivity contribution in [2.75, 3.05) is 39.6 Å². The number of carbonyl (C=O) groups is 4. The number of phosphoric ester groups is 2. The zero-order valence-electron chi connectivity index (χ0n) is 52.1. The standard InChI is InChI=1S/C62H120O17P2/c1-7-11-13-15-16-17-18-19-20-28-34-40-46-61(66)78-57(50-72-59(64)44-38-30-14-12-8-2)52-76-80(68,69)74-48-56(63)49-75-81(70,71)77-53-58(79-62(67)47-41-35-29-24-22-26-32-37-43-55(6)10-4)51-73-60(65)45-39-33-27-23-21-25-31-36-42-54(5)9-3/h54-58,63H,7-53H2,1-6H3,(H,68,69)(H,70,71)/t54?,55?,56-,57+,58+/m0/s1. The topological polar surface area (TPSA) is 237 Å². The lowest BCUT2D eigenvalue weighted by Gasteiger charge is -2.21. The van der Waals surface area contributed by atoms with E-state index in [1.54, 1.807) is 0 Å². The number of hydrogen-bond acceptors (Lipinski definition) is 15. The maximum Gasteiger partial charge on any atom is 0.472 e. The third-order valence-electron chi connectivity index (χ3n) is 14.9. The second-order valence-electron chi connectivity index (χ2n) is 22.9. The minimum Gasteiger partial charge on any atom is -0.462 e. The molecule has 0 aromatic rings. The zero-order valence-corrected chi connectivity index (χ0v) is 53.9. The summed E-state index contributed by atoms with van der Waals surface area (Å²) in [5.74, 6) is -0.601. The van der Waals surface area contributed by atoms with Crippen molar-refractivity contribution >= 4 is 39.5 Å². The van der Waals surface area contributed by atoms with Crippen molar-refractivity contribution in [3.05, 3.63) is 0 Å². The Balaban J connectivity index is 5.19. The summed E-state index contributed by atoms with van der Waals surface area (Å²) < 4.78 is 67.8. The van der Waals surface area contributed by atoms with Gasteiger partial charge in [-0.3, -0.25) is 37.3 Å². The van der Waals surface area contributed by atoms with Gasteiger partial charge in [0, 0.05) is 25.7 Å². The Morgan fingerprint density at radius 2 is 0.593 bits per heavy atom. The molecule has 19 heteroatoms. The Morgan fingerprint density at radius 3 is 0.877 bits per heavy atom. The van der Waals surface area contributed by atoms with E-state index in [2.05, 4.69) is 41.5 Å². The van der Waals surface area contributed by atoms with Crippen LogP contribution < -0.4 is 0 Å². The van der Waals surface area contributed by atoms with Gasteiger partial charge in [-0.05, 0) is 37.5 Å². The van der Waals surface area contributed by atoms with E-state index >= 15 is 0 Å². The average Bonchev–Trinajstić information content (AvgIpc) is 3.44. The lowest BCUT2D eigenvalue weighted by molar-refractivity contribution is -0.161. The molecule has 4 unspecified atom stereocenters. The van der Waals surface area contributed by atoms with Crippen LogP contribution in [0.15, 0.2) is 0 Å². The van der Waals surface area contributed by atoms with Crippen molar-refractivity contribution in [3.63, 3.8) is 0 Å². The Labute approximate surface area is 492 Å². The summed E-state index contributed by atoms with van der Waals surface area (Å²) in [6.07, 6.45) is 36.4. The van der Waals surface area contributed by atoms with Crippen LogP contribution in [0.1, 0.15) is 305 Å². The van der Waals surface area contributed by atoms with Gasteiger partial charge in [0.05, 0.1) is 26.4 Å². The molecule has 0 heterocycles. The summed E-state index contributed by atoms with van der Waals surface area (Å²) in [4.78, 5) is 71.9. The van der Waals surface area contributed by atoms with E-state index in [-0.39, 0.29) is 25.7 Å². The largest absolute Gasteiger partial charge is 0.472 e. The molecule has 0 aliphatic rings. The van der Waals surface area contributed by atoms with E-state index < -0.39 is 97.5 Å². The molecule has 0 fully saturated rings. The van der Waals surface area contributed by atoms with Gasteiger partial charge in [-0.1, -0.05) is 253 Å². The minimum absolute atomic E-state index is 0.104. The van der Waals surface area contributed by atoms with Crippen molar-refractivity contribution in [3.8, 4) is 0 Å². The Hall–Kier alpha value is -1.94. The van der Waals surface area contributed by atoms with Gasteiger partial charge in [0.1, 0.15) is 19.3 Å². The van der Waals surface area contributed by atoms with Crippen LogP contribution in [0.3, 0.4) is 0 Å². The number of rotatable bonds is 61. The van der Waals surface area contributed by atoms with Gasteiger partial charge in [-0.25, -0.2) is 9.13 Å². The van der Waals surface area contributed by atoms with Gasteiger partial charge in [0.15, 0.2) is 12.2 Å². The van der Waals surface area contributed by atoms with Crippen LogP contribution in [0.5, 0.6) is 0 Å². The van der Waals surface area contributed by atoms with Gasteiger partial charge in [-0.2, -0.15) is 0 Å². The fourth-order valence-corrected chi connectivity index (χ4v) is 10.7. The quantitative estimate of drug-likeness (QED) is 0.0222. The highest BCUT2D eigenvalue weighted by molar-refractivity contribution is 7.47. The monoisotopic (exact) mass is 1200 g/mol. The van der Waals surface area contributed by atoms with Crippen molar-refractivity contribution in [2.45, 2.75) is 323 Å². The van der Waals surface area contributed by atoms with Crippen LogP contribution in [0.25, 0.3) is 0 Å². The molecule has 0 aliphatic heterocycles. The summed E-state index contributed by atoms with van der Waals surface area (Å²) in [7, 11) is -9.88. The molecule has 0 saturated carbocycles. The van der Waals surface area contributed by atoms with Crippen molar-refractivity contribution < 1.29 is 80.2 Å². The second kappa shape index (κ2) is 54.7. The number of ether oxygens (including phenoxy) is 4. The van der Waals surface area contributed by atoms with Gasteiger partial charge in [0.25, 0.3) is 0 Å². The third kappa shape index (κ3) is 54.5. The van der Waals surface area contributed by atoms with E-state index in [9.17, 15) is 43.2 Å². The molecule has 0 rings (SSSR count). The highest BCUT2D eigenvalue weighted by Crippen LogP contribution is 2.45. The Morgan fingerprint density at radius 1 is 0.346 bits per heavy atom. The van der Waals surface area contributed by atoms with Gasteiger partial charge < -0.3 is 33.8 Å². The number of hydrogen-bond donors (Lipinski definition) is 3. The predicted molar refractivity (Wildman–Crippen MR) is 321 cm³/mol. The van der Waals surface area contributed by atoms with Crippen LogP contribution in [0.2, 0.25) is 0 Å². The number of aliphatic hydroxyl groups is 1. The summed E-state index contributed by atoms with van der Waals surface area (Å²) in [5, 5.41) is 10.5. The first-order chi connectivity index (χ1) is 38.9. The summed E-state index contributed by atoms with van der Waals surface area (Å²) >= 11 is 0. The van der Waals surface area contributed by atoms with E-state index in [1.807, 2.05) is 0 Å². The average molecular weight is 1200 g/mol. The van der Waals surface area contributed by atoms with Crippen LogP contribution in [0.4, 0.5) is 0 Å². The van der Waals surface area contributed by atoms with Crippen LogP contribution in [-0.4, -0.2) is 96.7 Å². The number of esters is 4. The van der Waals surface area contributed by atoms with Crippen molar-refractivity contribution in [1.82, 2.24) is 0 Å². The lowest BCUT2D eigenvalue weighted by Crippen LogP contribution is -2.30. The van der Waals surface area contributed by atoms with Crippen LogP contribution in [-0.2, 0) is 65.4 Å². The molecule has 0 aromatic heterocycles. The molecular formula is C62H120O17P2. The molecular weight excluding hydrogens is 1080 g/mol. The first-order valence-electron chi connectivity index (χ1n) is 32.6. The van der Waals surface area contributed by atoms with Crippen LogP contribution >= 0.6 is 15.6 Å². The van der Waals surface area contributed by atoms with E-state index in [0.717, 1.165) is 108 Å². The van der Waals surface area contributed by atoms with E-state index in [0.29, 0.717) is 25.7 Å². The number of unbranched alkanes of at least 4 members (excludes halogenated alkanes) is 29. The lowest BCUT2D eigenvalue weighted by atomic mass is 9.99. The van der Waals surface area contributed by atoms with Gasteiger partial charge in [0.2, 0.25) is 0 Å². The molecule has 3 N–H and O–H groups in total. The first kappa shape index (κ1) is 79.1. The first-order valence-corrected chi connectivity index (χ1v) is 35.6. The third-order valence-corrected chi connectivity index (χ3v) is 16.8. The maximum absolute atomic E-state index is 12.9. The molecule has 0 aliphatic carbocycles. The summed E-state index contributed by atoms with van der Waals surface area (Å²) in [6, 6.07) is 0. The Bertz CT molecular complexity index is 1600. The number of aliphatic hydroxyl groups excluding tert-OH is 1. The normalized spacial score (nSPS) is 15.0. The molecule has 0 bridgehead atoms. The Kier molecular flexibility index (Phi) is 53.4. The molecule has 81 heavy (non-hydrogen) atoms. The molecule has 0 amide bonds. The highest BCUT2D eigenvalue weighted by atomic mass is 31.2. The van der Waals surface area contributed by atoms with Gasteiger partial charge >= 0.3 is 39.5 Å². The molecule has 480 valence electrons. The molecule has 0 saturated heterocycles. The molecule has 17 nitrogen and oxygen atoms in total. The van der Waals surface area contributed by atoms with E-state index in [1.165, 1.54) is 116 Å². The molecule has 7 atom stereocenters. The number of phosphoric acid groups is 2. The summed E-state index contributed by atoms with van der Waals surface area (Å²) in [5.41, 5.74) is 0. The smallest absolute Gasteiger partial charge is 0.462 e. The van der Waals surface area contributed by atoms with Gasteiger partial charge in [-0.15, -0.1) is 0 Å². The predicted octanol–water partition coefficient (Wildman–Crippen LogP) is 16.9. The fourth-order valence-electron chi connectivity index (χ4n) is 9.11. The summed E-state index contributed by atoms with van der Waals surface area (Å²) in [6.45, 7) is 9.39. The second-order valence-corrected chi connectivity index (χ2v) is 25.8. The van der Waals surface area contributed by atoms with Crippen LogP contribution in [0, 0.1) is 11.8 Å². The molecule has 0 aromatic carbocycles. The number of carbonyl (C=O) groups excluding carboxylic acids is 4.